The van der Waals surface area contributed by atoms with Crippen molar-refractivity contribution in [1.29, 1.82) is 0 Å². The van der Waals surface area contributed by atoms with E-state index in [9.17, 15) is 22.8 Å². The van der Waals surface area contributed by atoms with Gasteiger partial charge in [0.2, 0.25) is 5.91 Å². The number of rotatable bonds is 3. The molecule has 0 spiro atoms. The molecule has 7 nitrogen and oxygen atoms in total. The standard InChI is InChI=1S/C20H19F3N4O3/c1-25-19-17(18(24-25)13-5-3-2-4-6-13)14(20(21,22)23)11-15(28)27(19)12-16(29)26-7-9-30-10-8-26/h2-6,11H,7-10,12H2,1H3. The minimum Gasteiger partial charge on any atom is -0.378 e. The number of halogens is 3. The molecule has 1 aliphatic rings. The third-order valence-corrected chi connectivity index (χ3v) is 5.09. The number of morpholine rings is 1. The fourth-order valence-corrected chi connectivity index (χ4v) is 3.67. The summed E-state index contributed by atoms with van der Waals surface area (Å²) in [4.78, 5) is 26.9. The monoisotopic (exact) mass is 420 g/mol. The van der Waals surface area contributed by atoms with E-state index in [0.717, 1.165) is 4.57 Å². The van der Waals surface area contributed by atoms with Crippen molar-refractivity contribution in [2.24, 2.45) is 7.05 Å². The van der Waals surface area contributed by atoms with Gasteiger partial charge in [-0.2, -0.15) is 18.3 Å². The Hall–Kier alpha value is -3.14. The third-order valence-electron chi connectivity index (χ3n) is 5.09. The molecule has 1 saturated heterocycles. The van der Waals surface area contributed by atoms with Crippen LogP contribution in [0, 0.1) is 0 Å². The average molecular weight is 420 g/mol. The maximum Gasteiger partial charge on any atom is 0.417 e. The highest BCUT2D eigenvalue weighted by Crippen LogP contribution is 2.38. The highest BCUT2D eigenvalue weighted by atomic mass is 19.4. The first-order chi connectivity index (χ1) is 14.3. The van der Waals surface area contributed by atoms with Crippen LogP contribution in [0.4, 0.5) is 13.2 Å². The van der Waals surface area contributed by atoms with E-state index < -0.39 is 17.3 Å². The number of benzene rings is 1. The molecule has 3 heterocycles. The van der Waals surface area contributed by atoms with Crippen LogP contribution in [0.15, 0.2) is 41.2 Å². The zero-order valence-corrected chi connectivity index (χ0v) is 16.1. The number of aryl methyl sites for hydroxylation is 1. The summed E-state index contributed by atoms with van der Waals surface area (Å²) >= 11 is 0. The van der Waals surface area contributed by atoms with E-state index in [1.54, 1.807) is 30.3 Å². The molecule has 0 N–H and O–H groups in total. The van der Waals surface area contributed by atoms with Crippen LogP contribution in [0.2, 0.25) is 0 Å². The number of carbonyl (C=O) groups is 1. The number of alkyl halides is 3. The molecule has 2 aromatic heterocycles. The summed E-state index contributed by atoms with van der Waals surface area (Å²) in [5, 5.41) is 4.06. The first-order valence-corrected chi connectivity index (χ1v) is 9.36. The first-order valence-electron chi connectivity index (χ1n) is 9.36. The van der Waals surface area contributed by atoms with Crippen molar-refractivity contribution >= 4 is 16.9 Å². The number of pyridine rings is 1. The van der Waals surface area contributed by atoms with Crippen molar-refractivity contribution in [1.82, 2.24) is 19.2 Å². The molecule has 4 rings (SSSR count). The van der Waals surface area contributed by atoms with E-state index in [2.05, 4.69) is 5.10 Å². The van der Waals surface area contributed by atoms with Gasteiger partial charge in [0.1, 0.15) is 17.9 Å². The second-order valence-electron chi connectivity index (χ2n) is 7.01. The van der Waals surface area contributed by atoms with Crippen LogP contribution >= 0.6 is 0 Å². The average Bonchev–Trinajstić information content (AvgIpc) is 3.07. The number of hydrogen-bond donors (Lipinski definition) is 0. The van der Waals surface area contributed by atoms with Crippen LogP contribution in [0.25, 0.3) is 22.3 Å². The van der Waals surface area contributed by atoms with Crippen LogP contribution in [-0.4, -0.2) is 51.5 Å². The molecule has 30 heavy (non-hydrogen) atoms. The lowest BCUT2D eigenvalue weighted by Gasteiger charge is -2.27. The van der Waals surface area contributed by atoms with Crippen LogP contribution in [-0.2, 0) is 29.3 Å². The first kappa shape index (κ1) is 20.1. The predicted octanol–water partition coefficient (Wildman–Crippen LogP) is 2.28. The Balaban J connectivity index is 1.92. The van der Waals surface area contributed by atoms with Crippen molar-refractivity contribution in [2.45, 2.75) is 12.7 Å². The minimum absolute atomic E-state index is 0.0460. The summed E-state index contributed by atoms with van der Waals surface area (Å²) < 4.78 is 48.9. The highest BCUT2D eigenvalue weighted by molar-refractivity contribution is 5.95. The number of hydrogen-bond acceptors (Lipinski definition) is 4. The van der Waals surface area contributed by atoms with Gasteiger partial charge in [0.15, 0.2) is 0 Å². The lowest BCUT2D eigenvalue weighted by atomic mass is 10.0. The summed E-state index contributed by atoms with van der Waals surface area (Å²) in [5.41, 5.74) is -1.43. The molecule has 158 valence electrons. The zero-order valence-electron chi connectivity index (χ0n) is 16.1. The molecular weight excluding hydrogens is 401 g/mol. The van der Waals surface area contributed by atoms with Gasteiger partial charge < -0.3 is 9.64 Å². The molecule has 10 heteroatoms. The van der Waals surface area contributed by atoms with Crippen LogP contribution in [0.3, 0.4) is 0 Å². The number of carbonyl (C=O) groups excluding carboxylic acids is 1. The Morgan fingerprint density at radius 3 is 2.47 bits per heavy atom. The molecule has 1 fully saturated rings. The van der Waals surface area contributed by atoms with Gasteiger partial charge in [-0.05, 0) is 0 Å². The topological polar surface area (TPSA) is 69.4 Å². The molecule has 0 unspecified atom stereocenters. The largest absolute Gasteiger partial charge is 0.417 e. The molecule has 1 aliphatic heterocycles. The molecule has 0 radical (unpaired) electrons. The van der Waals surface area contributed by atoms with Gasteiger partial charge in [-0.3, -0.25) is 18.8 Å². The summed E-state index contributed by atoms with van der Waals surface area (Å²) in [6.45, 7) is 1.14. The van der Waals surface area contributed by atoms with Crippen molar-refractivity contribution in [3.05, 3.63) is 52.3 Å². The lowest BCUT2D eigenvalue weighted by Crippen LogP contribution is -2.43. The molecule has 1 amide bonds. The molecular formula is C20H19F3N4O3. The van der Waals surface area contributed by atoms with Crippen molar-refractivity contribution in [3.8, 4) is 11.3 Å². The van der Waals surface area contributed by atoms with Crippen LogP contribution in [0.5, 0.6) is 0 Å². The Kier molecular flexibility index (Phi) is 5.10. The second kappa shape index (κ2) is 7.60. The SMILES string of the molecule is Cn1nc(-c2ccccc2)c2c(C(F)(F)F)cc(=O)n(CC(=O)N3CCOCC3)c21. The predicted molar refractivity (Wildman–Crippen MR) is 103 cm³/mol. The van der Waals surface area contributed by atoms with E-state index in [1.165, 1.54) is 16.6 Å². The van der Waals surface area contributed by atoms with E-state index in [-0.39, 0.29) is 29.2 Å². The van der Waals surface area contributed by atoms with Gasteiger partial charge in [0.25, 0.3) is 5.56 Å². The van der Waals surface area contributed by atoms with Gasteiger partial charge in [-0.1, -0.05) is 30.3 Å². The number of aromatic nitrogens is 3. The van der Waals surface area contributed by atoms with Gasteiger partial charge in [-0.15, -0.1) is 0 Å². The van der Waals surface area contributed by atoms with Crippen molar-refractivity contribution in [2.75, 3.05) is 26.3 Å². The normalized spacial score (nSPS) is 15.0. The maximum atomic E-state index is 13.8. The highest BCUT2D eigenvalue weighted by Gasteiger charge is 2.37. The van der Waals surface area contributed by atoms with E-state index in [4.69, 9.17) is 4.74 Å². The molecule has 3 aromatic rings. The third kappa shape index (κ3) is 3.58. The maximum absolute atomic E-state index is 13.8. The molecule has 0 atom stereocenters. The zero-order chi connectivity index (χ0) is 21.5. The smallest absolute Gasteiger partial charge is 0.378 e. The lowest BCUT2D eigenvalue weighted by molar-refractivity contribution is -0.136. The van der Waals surface area contributed by atoms with Crippen molar-refractivity contribution < 1.29 is 22.7 Å². The Labute approximate surface area is 169 Å². The fourth-order valence-electron chi connectivity index (χ4n) is 3.67. The van der Waals surface area contributed by atoms with Gasteiger partial charge in [0, 0.05) is 31.8 Å². The summed E-state index contributed by atoms with van der Waals surface area (Å²) in [7, 11) is 1.46. The number of amides is 1. The van der Waals surface area contributed by atoms with Gasteiger partial charge in [0.05, 0.1) is 24.2 Å². The fraction of sp³-hybridized carbons (Fsp3) is 0.350. The Morgan fingerprint density at radius 2 is 1.83 bits per heavy atom. The van der Waals surface area contributed by atoms with E-state index >= 15 is 0 Å². The quantitative estimate of drug-likeness (QED) is 0.652. The van der Waals surface area contributed by atoms with Crippen LogP contribution in [0.1, 0.15) is 5.56 Å². The number of fused-ring (bicyclic) bond motifs is 1. The number of ether oxygens (including phenoxy) is 1. The summed E-state index contributed by atoms with van der Waals surface area (Å²) in [6.07, 6.45) is -4.75. The molecule has 1 aromatic carbocycles. The van der Waals surface area contributed by atoms with Gasteiger partial charge in [-0.25, -0.2) is 0 Å². The number of nitrogens with zero attached hydrogens (tertiary/aromatic N) is 4. The molecule has 0 saturated carbocycles. The van der Waals surface area contributed by atoms with E-state index in [0.29, 0.717) is 37.9 Å². The second-order valence-corrected chi connectivity index (χ2v) is 7.01. The van der Waals surface area contributed by atoms with E-state index in [1.807, 2.05) is 0 Å². The minimum atomic E-state index is -4.75. The molecule has 0 bridgehead atoms. The molecule has 0 aliphatic carbocycles. The summed E-state index contributed by atoms with van der Waals surface area (Å²) in [5.74, 6) is -0.357. The van der Waals surface area contributed by atoms with Crippen LogP contribution < -0.4 is 5.56 Å². The van der Waals surface area contributed by atoms with Crippen molar-refractivity contribution in [3.63, 3.8) is 0 Å². The Bertz CT molecular complexity index is 1150. The summed E-state index contributed by atoms with van der Waals surface area (Å²) in [6, 6.07) is 8.98. The van der Waals surface area contributed by atoms with Gasteiger partial charge >= 0.3 is 6.18 Å². The Morgan fingerprint density at radius 1 is 1.17 bits per heavy atom.